The molecule has 0 spiro atoms. The van der Waals surface area contributed by atoms with Crippen LogP contribution < -0.4 is 19.5 Å². The number of hydrogen-bond donors (Lipinski definition) is 1. The highest BCUT2D eigenvalue weighted by Gasteiger charge is 2.26. The lowest BCUT2D eigenvalue weighted by atomic mass is 10.2. The number of carbonyl (C=O) groups excluding carboxylic acids is 1. The van der Waals surface area contributed by atoms with Crippen molar-refractivity contribution in [1.82, 2.24) is 4.31 Å². The van der Waals surface area contributed by atoms with E-state index in [0.717, 1.165) is 25.7 Å². The largest absolute Gasteiger partial charge is 0.495 e. The maximum absolute atomic E-state index is 13.1. The van der Waals surface area contributed by atoms with E-state index < -0.39 is 10.0 Å². The number of amides is 1. The summed E-state index contributed by atoms with van der Waals surface area (Å²) in [6.07, 6.45) is 4.49. The molecule has 0 saturated carbocycles. The summed E-state index contributed by atoms with van der Waals surface area (Å²) in [4.78, 5) is 12.7. The molecular weight excluding hydrogens is 456 g/mol. The van der Waals surface area contributed by atoms with Crippen molar-refractivity contribution in [3.8, 4) is 17.2 Å². The van der Waals surface area contributed by atoms with Gasteiger partial charge in [-0.25, -0.2) is 8.42 Å². The molecule has 1 aliphatic rings. The summed E-state index contributed by atoms with van der Waals surface area (Å²) in [6.45, 7) is 3.82. The average molecular weight is 491 g/mol. The summed E-state index contributed by atoms with van der Waals surface area (Å²) >= 11 is 0. The SMILES string of the molecule is CCOc1ccccc1OCCCC(=O)Nc1cc(S(=O)(=O)N2CCCCCC2)ccc1OC. The van der Waals surface area contributed by atoms with Gasteiger partial charge in [-0.1, -0.05) is 25.0 Å². The first-order chi connectivity index (χ1) is 16.5. The predicted molar refractivity (Wildman–Crippen MR) is 131 cm³/mol. The van der Waals surface area contributed by atoms with Gasteiger partial charge in [0.15, 0.2) is 11.5 Å². The van der Waals surface area contributed by atoms with Gasteiger partial charge in [0, 0.05) is 19.5 Å². The summed E-state index contributed by atoms with van der Waals surface area (Å²) < 4.78 is 44.5. The second-order valence-electron chi connectivity index (χ2n) is 8.06. The van der Waals surface area contributed by atoms with E-state index in [2.05, 4.69) is 5.32 Å². The molecule has 34 heavy (non-hydrogen) atoms. The van der Waals surface area contributed by atoms with Crippen molar-refractivity contribution < 1.29 is 27.4 Å². The lowest BCUT2D eigenvalue weighted by Gasteiger charge is -2.21. The van der Waals surface area contributed by atoms with Crippen LogP contribution in [0.15, 0.2) is 47.4 Å². The first-order valence-corrected chi connectivity index (χ1v) is 13.2. The summed E-state index contributed by atoms with van der Waals surface area (Å²) in [7, 11) is -2.15. The Morgan fingerprint density at radius 3 is 2.29 bits per heavy atom. The molecule has 2 aromatic carbocycles. The second-order valence-corrected chi connectivity index (χ2v) is 10.00. The quantitative estimate of drug-likeness (QED) is 0.468. The van der Waals surface area contributed by atoms with Gasteiger partial charge in [-0.05, 0) is 56.5 Å². The Kier molecular flexibility index (Phi) is 9.59. The summed E-state index contributed by atoms with van der Waals surface area (Å²) in [5.74, 6) is 1.47. The van der Waals surface area contributed by atoms with Crippen molar-refractivity contribution in [3.05, 3.63) is 42.5 Å². The minimum atomic E-state index is -3.63. The molecule has 0 bridgehead atoms. The van der Waals surface area contributed by atoms with Crippen LogP contribution >= 0.6 is 0 Å². The van der Waals surface area contributed by atoms with Crippen LogP contribution in [0.3, 0.4) is 0 Å². The highest BCUT2D eigenvalue weighted by molar-refractivity contribution is 7.89. The van der Waals surface area contributed by atoms with Crippen LogP contribution in [0.25, 0.3) is 0 Å². The minimum absolute atomic E-state index is 0.154. The Balaban J connectivity index is 1.60. The van der Waals surface area contributed by atoms with E-state index in [1.165, 1.54) is 23.5 Å². The number of sulfonamides is 1. The molecule has 1 saturated heterocycles. The minimum Gasteiger partial charge on any atom is -0.495 e. The van der Waals surface area contributed by atoms with Gasteiger partial charge in [-0.15, -0.1) is 0 Å². The van der Waals surface area contributed by atoms with Crippen molar-refractivity contribution in [2.24, 2.45) is 0 Å². The fourth-order valence-electron chi connectivity index (χ4n) is 3.85. The van der Waals surface area contributed by atoms with Gasteiger partial charge >= 0.3 is 0 Å². The molecule has 0 radical (unpaired) electrons. The molecule has 1 N–H and O–H groups in total. The van der Waals surface area contributed by atoms with Crippen LogP contribution in [-0.2, 0) is 14.8 Å². The molecule has 1 heterocycles. The van der Waals surface area contributed by atoms with E-state index in [1.54, 1.807) is 6.07 Å². The monoisotopic (exact) mass is 490 g/mol. The summed E-state index contributed by atoms with van der Waals surface area (Å²) in [6, 6.07) is 12.0. The lowest BCUT2D eigenvalue weighted by molar-refractivity contribution is -0.116. The van der Waals surface area contributed by atoms with Gasteiger partial charge in [0.25, 0.3) is 0 Å². The number of nitrogens with one attached hydrogen (secondary N) is 1. The normalized spacial score (nSPS) is 14.8. The fraction of sp³-hybridized carbons (Fsp3) is 0.480. The molecule has 0 atom stereocenters. The van der Waals surface area contributed by atoms with Gasteiger partial charge in [0.2, 0.25) is 15.9 Å². The van der Waals surface area contributed by atoms with Crippen LogP contribution in [-0.4, -0.2) is 52.0 Å². The summed E-state index contributed by atoms with van der Waals surface area (Å²) in [5.41, 5.74) is 0.339. The predicted octanol–water partition coefficient (Wildman–Crippen LogP) is 4.46. The van der Waals surface area contributed by atoms with Crippen molar-refractivity contribution in [2.75, 3.05) is 38.7 Å². The molecule has 8 nitrogen and oxygen atoms in total. The van der Waals surface area contributed by atoms with Crippen LogP contribution in [0.5, 0.6) is 17.2 Å². The van der Waals surface area contributed by atoms with Crippen LogP contribution in [0, 0.1) is 0 Å². The van der Waals surface area contributed by atoms with E-state index in [4.69, 9.17) is 14.2 Å². The van der Waals surface area contributed by atoms with Gasteiger partial charge in [-0.3, -0.25) is 4.79 Å². The first kappa shape index (κ1) is 25.8. The Morgan fingerprint density at radius 2 is 1.65 bits per heavy atom. The van der Waals surface area contributed by atoms with Gasteiger partial charge in [0.1, 0.15) is 5.75 Å². The molecule has 1 aliphatic heterocycles. The maximum atomic E-state index is 13.1. The number of carbonyl (C=O) groups is 1. The molecule has 1 amide bonds. The zero-order chi connectivity index (χ0) is 24.4. The molecule has 186 valence electrons. The summed E-state index contributed by atoms with van der Waals surface area (Å²) in [5, 5.41) is 2.79. The lowest BCUT2D eigenvalue weighted by Crippen LogP contribution is -2.32. The number of nitrogens with zero attached hydrogens (tertiary/aromatic N) is 1. The molecule has 1 fully saturated rings. The van der Waals surface area contributed by atoms with Crippen molar-refractivity contribution >= 4 is 21.6 Å². The third-order valence-corrected chi connectivity index (χ3v) is 7.50. The number of benzene rings is 2. The molecular formula is C25H34N2O6S. The zero-order valence-electron chi connectivity index (χ0n) is 19.9. The Hall–Kier alpha value is -2.78. The van der Waals surface area contributed by atoms with Crippen LogP contribution in [0.2, 0.25) is 0 Å². The molecule has 3 rings (SSSR count). The number of methoxy groups -OCH3 is 1. The fourth-order valence-corrected chi connectivity index (χ4v) is 5.39. The van der Waals surface area contributed by atoms with E-state index in [1.807, 2.05) is 31.2 Å². The van der Waals surface area contributed by atoms with Crippen LogP contribution in [0.1, 0.15) is 45.4 Å². The number of para-hydroxylation sites is 2. The number of anilines is 1. The third-order valence-electron chi connectivity index (χ3n) is 5.60. The molecule has 9 heteroatoms. The van der Waals surface area contributed by atoms with Crippen molar-refractivity contribution in [3.63, 3.8) is 0 Å². The van der Waals surface area contributed by atoms with Crippen molar-refractivity contribution in [1.29, 1.82) is 0 Å². The Morgan fingerprint density at radius 1 is 0.971 bits per heavy atom. The number of hydrogen-bond acceptors (Lipinski definition) is 6. The van der Waals surface area contributed by atoms with E-state index in [0.29, 0.717) is 55.7 Å². The molecule has 0 aromatic heterocycles. The van der Waals surface area contributed by atoms with E-state index >= 15 is 0 Å². The molecule has 0 unspecified atom stereocenters. The second kappa shape index (κ2) is 12.6. The average Bonchev–Trinajstić information content (AvgIpc) is 3.13. The number of rotatable bonds is 11. The van der Waals surface area contributed by atoms with Gasteiger partial charge < -0.3 is 19.5 Å². The third kappa shape index (κ3) is 6.87. The first-order valence-electron chi connectivity index (χ1n) is 11.8. The van der Waals surface area contributed by atoms with Gasteiger partial charge in [-0.2, -0.15) is 4.31 Å². The number of ether oxygens (including phenoxy) is 3. The van der Waals surface area contributed by atoms with Crippen molar-refractivity contribution in [2.45, 2.75) is 50.3 Å². The Labute approximate surface area is 202 Å². The maximum Gasteiger partial charge on any atom is 0.243 e. The smallest absolute Gasteiger partial charge is 0.243 e. The van der Waals surface area contributed by atoms with E-state index in [-0.39, 0.29) is 17.2 Å². The molecule has 0 aliphatic carbocycles. The topological polar surface area (TPSA) is 94.2 Å². The highest BCUT2D eigenvalue weighted by Crippen LogP contribution is 2.30. The standard InChI is InChI=1S/C25H34N2O6S/c1-3-32-23-11-6-7-12-24(23)33-18-10-13-25(28)26-21-19-20(14-15-22(21)31-2)34(29,30)27-16-8-4-5-9-17-27/h6-7,11-12,14-15,19H,3-5,8-10,13,16-18H2,1-2H3,(H,26,28). The van der Waals surface area contributed by atoms with Crippen LogP contribution in [0.4, 0.5) is 5.69 Å². The molecule has 2 aromatic rings. The zero-order valence-corrected chi connectivity index (χ0v) is 20.7. The van der Waals surface area contributed by atoms with E-state index in [9.17, 15) is 13.2 Å². The highest BCUT2D eigenvalue weighted by atomic mass is 32.2. The van der Waals surface area contributed by atoms with Gasteiger partial charge in [0.05, 0.1) is 30.9 Å². The Bertz CT molecular complexity index is 1050.